The zero-order chi connectivity index (χ0) is 21.5. The maximum absolute atomic E-state index is 13.6. The predicted molar refractivity (Wildman–Crippen MR) is 124 cm³/mol. The molecule has 0 aliphatic heterocycles. The van der Waals surface area contributed by atoms with Crippen LogP contribution in [0.25, 0.3) is 22.0 Å². The number of carbonyl (C=O) groups excluding carboxylic acids is 1. The third-order valence-corrected chi connectivity index (χ3v) is 5.79. The van der Waals surface area contributed by atoms with E-state index in [1.807, 2.05) is 35.0 Å². The molecule has 0 bridgehead atoms. The van der Waals surface area contributed by atoms with E-state index in [1.165, 1.54) is 14.2 Å². The molecule has 32 heavy (non-hydrogen) atoms. The number of benzene rings is 2. The van der Waals surface area contributed by atoms with E-state index in [9.17, 15) is 9.59 Å². The zero-order valence-corrected chi connectivity index (χ0v) is 18.5. The Morgan fingerprint density at radius 1 is 0.938 bits per heavy atom. The summed E-state index contributed by atoms with van der Waals surface area (Å²) in [6.45, 7) is 1.20. The van der Waals surface area contributed by atoms with Crippen LogP contribution in [0.1, 0.15) is 22.3 Å². The van der Waals surface area contributed by atoms with E-state index in [2.05, 4.69) is 4.98 Å². The highest BCUT2D eigenvalue weighted by molar-refractivity contribution is 6.26. The molecule has 164 valence electrons. The van der Waals surface area contributed by atoms with E-state index in [4.69, 9.17) is 9.47 Å². The molecule has 8 heteroatoms. The Morgan fingerprint density at radius 3 is 2.28 bits per heavy atom. The lowest BCUT2D eigenvalue weighted by Crippen LogP contribution is -2.24. The molecule has 5 rings (SSSR count). The molecule has 0 saturated heterocycles. The SMILES string of the molecule is COc1cc2c3c(n(CCCn4ccnc4)c(=O)c2cc1OC)-c1ccccc1C3=O.Cl. The summed E-state index contributed by atoms with van der Waals surface area (Å²) < 4.78 is 14.5. The first-order valence-corrected chi connectivity index (χ1v) is 10.1. The van der Waals surface area contributed by atoms with E-state index in [0.717, 1.165) is 18.5 Å². The van der Waals surface area contributed by atoms with Crippen LogP contribution in [-0.2, 0) is 13.1 Å². The van der Waals surface area contributed by atoms with Gasteiger partial charge in [-0.1, -0.05) is 24.3 Å². The Kier molecular flexibility index (Phi) is 5.76. The fourth-order valence-electron chi connectivity index (χ4n) is 4.35. The van der Waals surface area contributed by atoms with E-state index in [-0.39, 0.29) is 23.7 Å². The fraction of sp³-hybridized carbons (Fsp3) is 0.208. The smallest absolute Gasteiger partial charge is 0.259 e. The number of hydrogen-bond donors (Lipinski definition) is 0. The van der Waals surface area contributed by atoms with Crippen molar-refractivity contribution in [1.29, 1.82) is 0 Å². The van der Waals surface area contributed by atoms with E-state index >= 15 is 0 Å². The molecule has 1 aliphatic carbocycles. The molecule has 0 atom stereocenters. The van der Waals surface area contributed by atoms with E-state index in [1.54, 1.807) is 29.2 Å². The molecule has 0 saturated carbocycles. The standard InChI is InChI=1S/C24H21N3O4.ClH/c1-30-19-12-17-18(13-20(19)31-2)24(29)27(10-5-9-26-11-8-25-14-26)22-15-6-3-4-7-16(15)23(28)21(17)22;/h3-4,6-8,11-14H,5,9-10H2,1-2H3;1H. The molecular weight excluding hydrogens is 430 g/mol. The largest absolute Gasteiger partial charge is 0.493 e. The summed E-state index contributed by atoms with van der Waals surface area (Å²) in [5.41, 5.74) is 2.47. The highest BCUT2D eigenvalue weighted by Crippen LogP contribution is 2.41. The van der Waals surface area contributed by atoms with Crippen molar-refractivity contribution >= 4 is 29.0 Å². The average Bonchev–Trinajstić information content (AvgIpc) is 3.42. The number of carbonyl (C=O) groups is 1. The van der Waals surface area contributed by atoms with Crippen LogP contribution in [0.5, 0.6) is 11.5 Å². The van der Waals surface area contributed by atoms with Crippen LogP contribution in [0.2, 0.25) is 0 Å². The molecule has 2 aromatic carbocycles. The highest BCUT2D eigenvalue weighted by atomic mass is 35.5. The van der Waals surface area contributed by atoms with Crippen LogP contribution in [0.3, 0.4) is 0 Å². The molecular formula is C24H22ClN3O4. The van der Waals surface area contributed by atoms with Crippen LogP contribution in [-0.4, -0.2) is 34.1 Å². The van der Waals surface area contributed by atoms with E-state index < -0.39 is 0 Å². The lowest BCUT2D eigenvalue weighted by atomic mass is 10.0. The van der Waals surface area contributed by atoms with Crippen molar-refractivity contribution in [2.75, 3.05) is 14.2 Å². The van der Waals surface area contributed by atoms with Crippen LogP contribution in [0.4, 0.5) is 0 Å². The molecule has 0 unspecified atom stereocenters. The number of rotatable bonds is 6. The van der Waals surface area contributed by atoms with Crippen molar-refractivity contribution < 1.29 is 14.3 Å². The van der Waals surface area contributed by atoms with Crippen LogP contribution in [0.15, 0.2) is 59.9 Å². The van der Waals surface area contributed by atoms with Crippen molar-refractivity contribution in [2.45, 2.75) is 19.5 Å². The van der Waals surface area contributed by atoms with Crippen LogP contribution >= 0.6 is 12.4 Å². The van der Waals surface area contributed by atoms with Gasteiger partial charge in [0.15, 0.2) is 17.3 Å². The van der Waals surface area contributed by atoms with Crippen LogP contribution < -0.4 is 15.0 Å². The van der Waals surface area contributed by atoms with Gasteiger partial charge in [0.05, 0.1) is 37.2 Å². The summed E-state index contributed by atoms with van der Waals surface area (Å²) in [4.78, 5) is 31.0. The Morgan fingerprint density at radius 2 is 1.62 bits per heavy atom. The van der Waals surface area contributed by atoms with Gasteiger partial charge >= 0.3 is 0 Å². The number of hydrogen-bond acceptors (Lipinski definition) is 5. The number of methoxy groups -OCH3 is 2. The average molecular weight is 452 g/mol. The maximum atomic E-state index is 13.6. The van der Waals surface area contributed by atoms with Crippen molar-refractivity contribution in [3.63, 3.8) is 0 Å². The van der Waals surface area contributed by atoms with Gasteiger partial charge < -0.3 is 18.6 Å². The topological polar surface area (TPSA) is 75.3 Å². The van der Waals surface area contributed by atoms with Crippen molar-refractivity contribution in [1.82, 2.24) is 14.1 Å². The van der Waals surface area contributed by atoms with E-state index in [0.29, 0.717) is 45.6 Å². The third kappa shape index (κ3) is 3.26. The van der Waals surface area contributed by atoms with Gasteiger partial charge in [-0.15, -0.1) is 12.4 Å². The number of fused-ring (bicyclic) bond motifs is 5. The van der Waals surface area contributed by atoms with Gasteiger partial charge in [-0.2, -0.15) is 0 Å². The zero-order valence-electron chi connectivity index (χ0n) is 17.7. The number of ketones is 1. The van der Waals surface area contributed by atoms with Gasteiger partial charge in [0.2, 0.25) is 0 Å². The second-order valence-corrected chi connectivity index (χ2v) is 7.46. The lowest BCUT2D eigenvalue weighted by Gasteiger charge is -2.17. The summed E-state index contributed by atoms with van der Waals surface area (Å²) in [5.74, 6) is 0.865. The minimum atomic E-state index is -0.148. The summed E-state index contributed by atoms with van der Waals surface area (Å²) in [5, 5.41) is 1.03. The first-order valence-electron chi connectivity index (χ1n) is 10.1. The lowest BCUT2D eigenvalue weighted by molar-refractivity contribution is 0.104. The fourth-order valence-corrected chi connectivity index (χ4v) is 4.35. The summed E-state index contributed by atoms with van der Waals surface area (Å²) in [6.07, 6.45) is 6.10. The number of pyridine rings is 1. The molecule has 2 aromatic heterocycles. The second kappa shape index (κ2) is 8.51. The minimum Gasteiger partial charge on any atom is -0.493 e. The summed E-state index contributed by atoms with van der Waals surface area (Å²) >= 11 is 0. The Labute approximate surface area is 190 Å². The molecule has 4 aromatic rings. The number of halogens is 1. The summed E-state index contributed by atoms with van der Waals surface area (Å²) in [6, 6.07) is 10.8. The van der Waals surface area contributed by atoms with Crippen molar-refractivity contribution in [3.8, 4) is 22.8 Å². The Hall–Kier alpha value is -3.58. The number of nitrogens with zero attached hydrogens (tertiary/aromatic N) is 3. The van der Waals surface area contributed by atoms with Crippen molar-refractivity contribution in [3.05, 3.63) is 76.6 Å². The molecule has 2 heterocycles. The molecule has 7 nitrogen and oxygen atoms in total. The molecule has 0 N–H and O–H groups in total. The van der Waals surface area contributed by atoms with Gasteiger partial charge in [0, 0.05) is 42.0 Å². The quantitative estimate of drug-likeness (QED) is 0.391. The number of imidazole rings is 1. The molecule has 0 spiro atoms. The van der Waals surface area contributed by atoms with Gasteiger partial charge in [-0.25, -0.2) is 4.98 Å². The minimum absolute atomic E-state index is 0. The Balaban J connectivity index is 0.00000245. The number of ether oxygens (including phenoxy) is 2. The van der Waals surface area contributed by atoms with Crippen molar-refractivity contribution in [2.24, 2.45) is 0 Å². The monoisotopic (exact) mass is 451 g/mol. The Bertz CT molecular complexity index is 1380. The molecule has 0 radical (unpaired) electrons. The first kappa shape index (κ1) is 21.6. The molecule has 0 fully saturated rings. The highest BCUT2D eigenvalue weighted by Gasteiger charge is 2.33. The van der Waals surface area contributed by atoms with Gasteiger partial charge in [0.1, 0.15) is 0 Å². The number of aromatic nitrogens is 3. The predicted octanol–water partition coefficient (Wildman–Crippen LogP) is 3.94. The first-order chi connectivity index (χ1) is 15.1. The van der Waals surface area contributed by atoms with Gasteiger partial charge in [-0.3, -0.25) is 9.59 Å². The normalized spacial score (nSPS) is 11.8. The van der Waals surface area contributed by atoms with Gasteiger partial charge in [0.25, 0.3) is 5.56 Å². The van der Waals surface area contributed by atoms with Crippen LogP contribution in [0, 0.1) is 0 Å². The maximum Gasteiger partial charge on any atom is 0.259 e. The third-order valence-electron chi connectivity index (χ3n) is 5.79. The molecule has 1 aliphatic rings. The summed E-state index contributed by atoms with van der Waals surface area (Å²) in [7, 11) is 3.07. The van der Waals surface area contributed by atoms with Gasteiger partial charge in [-0.05, 0) is 18.6 Å². The molecule has 0 amide bonds. The second-order valence-electron chi connectivity index (χ2n) is 7.46. The number of aryl methyl sites for hydroxylation is 1.